The highest BCUT2D eigenvalue weighted by molar-refractivity contribution is 7.80. The Labute approximate surface area is 163 Å². The molecule has 1 atom stereocenters. The van der Waals surface area contributed by atoms with Gasteiger partial charge in [-0.15, -0.1) is 5.11 Å². The van der Waals surface area contributed by atoms with E-state index in [1.807, 2.05) is 55.5 Å². The molecule has 0 aliphatic carbocycles. The Morgan fingerprint density at radius 1 is 1.19 bits per heavy atom. The number of rotatable bonds is 8. The first-order chi connectivity index (χ1) is 13.2. The highest BCUT2D eigenvalue weighted by atomic mass is 32.1. The fourth-order valence-corrected chi connectivity index (χ4v) is 2.71. The second-order valence-electron chi connectivity index (χ2n) is 5.61. The zero-order valence-corrected chi connectivity index (χ0v) is 15.8. The Kier molecular flexibility index (Phi) is 6.27. The Hall–Kier alpha value is -3.06. The summed E-state index contributed by atoms with van der Waals surface area (Å²) in [4.78, 5) is 0. The van der Waals surface area contributed by atoms with Gasteiger partial charge in [0.1, 0.15) is 6.61 Å². The van der Waals surface area contributed by atoms with Gasteiger partial charge in [0, 0.05) is 5.56 Å². The number of thiocarbonyl (C=S) groups is 1. The van der Waals surface area contributed by atoms with Crippen LogP contribution < -0.4 is 9.47 Å². The van der Waals surface area contributed by atoms with Crippen LogP contribution in [-0.2, 0) is 0 Å². The van der Waals surface area contributed by atoms with E-state index in [1.54, 1.807) is 17.3 Å². The van der Waals surface area contributed by atoms with E-state index in [9.17, 15) is 0 Å². The predicted octanol–water partition coefficient (Wildman–Crippen LogP) is 4.74. The molecule has 1 heterocycles. The fourth-order valence-electron chi connectivity index (χ4n) is 2.52. The normalized spacial score (nSPS) is 16.1. The summed E-state index contributed by atoms with van der Waals surface area (Å²) in [6.07, 6.45) is 3.05. The van der Waals surface area contributed by atoms with Gasteiger partial charge in [-0.1, -0.05) is 43.0 Å². The van der Waals surface area contributed by atoms with E-state index in [0.717, 1.165) is 11.1 Å². The molecule has 0 amide bonds. The lowest BCUT2D eigenvalue weighted by molar-refractivity contribution is 0.297. The van der Waals surface area contributed by atoms with Crippen molar-refractivity contribution in [1.29, 1.82) is 0 Å². The molecule has 1 unspecified atom stereocenters. The number of benzene rings is 2. The van der Waals surface area contributed by atoms with Crippen LogP contribution in [0, 0.1) is 0 Å². The van der Waals surface area contributed by atoms with Crippen molar-refractivity contribution in [2.75, 3.05) is 13.2 Å². The van der Waals surface area contributed by atoms with Crippen LogP contribution in [0.5, 0.6) is 11.5 Å². The summed E-state index contributed by atoms with van der Waals surface area (Å²) >= 11 is 5.27. The van der Waals surface area contributed by atoms with Gasteiger partial charge >= 0.3 is 0 Å². The van der Waals surface area contributed by atoms with Gasteiger partial charge in [-0.3, -0.25) is 0 Å². The summed E-state index contributed by atoms with van der Waals surface area (Å²) in [5, 5.41) is 14.7. The average molecular weight is 380 g/mol. The van der Waals surface area contributed by atoms with E-state index >= 15 is 0 Å². The molecule has 1 aliphatic rings. The van der Waals surface area contributed by atoms with Crippen molar-refractivity contribution >= 4 is 23.5 Å². The molecule has 27 heavy (non-hydrogen) atoms. The van der Waals surface area contributed by atoms with Crippen LogP contribution in [0.25, 0.3) is 0 Å². The zero-order valence-electron chi connectivity index (χ0n) is 15.0. The summed E-state index contributed by atoms with van der Waals surface area (Å²) in [6.45, 7) is 6.53. The molecule has 7 heteroatoms. The lowest BCUT2D eigenvalue weighted by Crippen LogP contribution is -2.21. The van der Waals surface area contributed by atoms with E-state index in [1.165, 1.54) is 0 Å². The molecule has 0 spiro atoms. The highest BCUT2D eigenvalue weighted by Gasteiger charge is 2.27. The molecule has 1 aliphatic heterocycles. The third kappa shape index (κ3) is 4.57. The number of ether oxygens (including phenoxy) is 2. The second kappa shape index (κ2) is 9.05. The fraction of sp³-hybridized carbons (Fsp3) is 0.200. The minimum atomic E-state index is -0.350. The summed E-state index contributed by atoms with van der Waals surface area (Å²) in [6, 6.07) is 15.4. The maximum Gasteiger partial charge on any atom is 0.238 e. The molecule has 0 saturated heterocycles. The minimum Gasteiger partial charge on any atom is -0.490 e. The van der Waals surface area contributed by atoms with Crippen LogP contribution in [0.3, 0.4) is 0 Å². The van der Waals surface area contributed by atoms with E-state index < -0.39 is 0 Å². The summed E-state index contributed by atoms with van der Waals surface area (Å²) in [5.41, 5.74) is 1.83. The van der Waals surface area contributed by atoms with Gasteiger partial charge < -0.3 is 9.47 Å². The summed E-state index contributed by atoms with van der Waals surface area (Å²) in [7, 11) is 0. The lowest BCUT2D eigenvalue weighted by atomic mass is 10.2. The smallest absolute Gasteiger partial charge is 0.238 e. The Balaban J connectivity index is 1.80. The van der Waals surface area contributed by atoms with Crippen molar-refractivity contribution in [3.05, 3.63) is 72.3 Å². The van der Waals surface area contributed by atoms with Crippen LogP contribution in [-0.4, -0.2) is 29.5 Å². The standard InChI is InChI=1S/C20H20N4O2S/c1-3-12-26-17-11-10-15(13-18(17)25-4-2)14-21-24-19(22-23-20(24)27)16-8-6-5-7-9-16/h3,5-11,13-14,19H,1,4,12H2,2H3. The SMILES string of the molecule is C=CCOc1ccc(C=NN2C(=S)N=NC2c2ccccc2)cc1OCC. The molecule has 2 aromatic rings. The number of azo groups is 1. The third-order valence-electron chi connectivity index (χ3n) is 3.73. The largest absolute Gasteiger partial charge is 0.490 e. The van der Waals surface area contributed by atoms with E-state index in [2.05, 4.69) is 21.9 Å². The minimum absolute atomic E-state index is 0.330. The first-order valence-corrected chi connectivity index (χ1v) is 8.97. The second-order valence-corrected chi connectivity index (χ2v) is 5.98. The molecule has 0 N–H and O–H groups in total. The molecule has 0 saturated carbocycles. The maximum atomic E-state index is 5.66. The van der Waals surface area contributed by atoms with Gasteiger partial charge in [0.2, 0.25) is 5.11 Å². The summed E-state index contributed by atoms with van der Waals surface area (Å²) < 4.78 is 11.3. The van der Waals surface area contributed by atoms with Crippen molar-refractivity contribution < 1.29 is 9.47 Å². The van der Waals surface area contributed by atoms with Gasteiger partial charge in [-0.25, -0.2) is 5.01 Å². The van der Waals surface area contributed by atoms with Crippen molar-refractivity contribution in [2.45, 2.75) is 13.1 Å². The van der Waals surface area contributed by atoms with Crippen LogP contribution >= 0.6 is 12.2 Å². The number of hydrazone groups is 1. The maximum absolute atomic E-state index is 5.66. The monoisotopic (exact) mass is 380 g/mol. The van der Waals surface area contributed by atoms with Crippen molar-refractivity contribution in [3.8, 4) is 11.5 Å². The highest BCUT2D eigenvalue weighted by Crippen LogP contribution is 2.30. The quantitative estimate of drug-likeness (QED) is 0.377. The zero-order chi connectivity index (χ0) is 19.1. The lowest BCUT2D eigenvalue weighted by Gasteiger charge is -2.17. The van der Waals surface area contributed by atoms with Gasteiger partial charge in [0.25, 0.3) is 0 Å². The van der Waals surface area contributed by atoms with Crippen molar-refractivity contribution in [3.63, 3.8) is 0 Å². The van der Waals surface area contributed by atoms with Crippen LogP contribution in [0.1, 0.15) is 24.2 Å². The molecular formula is C20H20N4O2S. The first-order valence-electron chi connectivity index (χ1n) is 8.56. The van der Waals surface area contributed by atoms with Crippen LogP contribution in [0.4, 0.5) is 0 Å². The van der Waals surface area contributed by atoms with Gasteiger partial charge in [-0.2, -0.15) is 10.2 Å². The molecule has 6 nitrogen and oxygen atoms in total. The molecule has 0 bridgehead atoms. The van der Waals surface area contributed by atoms with Gasteiger partial charge in [0.15, 0.2) is 17.7 Å². The molecule has 0 aromatic heterocycles. The van der Waals surface area contributed by atoms with Crippen LogP contribution in [0.15, 0.2) is 76.5 Å². The topological polar surface area (TPSA) is 58.8 Å². The Morgan fingerprint density at radius 3 is 2.74 bits per heavy atom. The molecule has 138 valence electrons. The van der Waals surface area contributed by atoms with Crippen LogP contribution in [0.2, 0.25) is 0 Å². The number of nitrogens with zero attached hydrogens (tertiary/aromatic N) is 4. The molecular weight excluding hydrogens is 360 g/mol. The molecule has 0 fully saturated rings. The molecule has 3 rings (SSSR count). The van der Waals surface area contributed by atoms with Crippen molar-refractivity contribution in [2.24, 2.45) is 15.3 Å². The van der Waals surface area contributed by atoms with E-state index in [-0.39, 0.29) is 6.17 Å². The first kappa shape index (κ1) is 18.7. The van der Waals surface area contributed by atoms with Gasteiger partial charge in [-0.05, 0) is 42.9 Å². The molecule has 2 aromatic carbocycles. The molecule has 0 radical (unpaired) electrons. The summed E-state index contributed by atoms with van der Waals surface area (Å²) in [5.74, 6) is 1.32. The Morgan fingerprint density at radius 2 is 2.00 bits per heavy atom. The average Bonchev–Trinajstić information content (AvgIpc) is 3.07. The predicted molar refractivity (Wildman–Crippen MR) is 109 cm³/mol. The Bertz CT molecular complexity index is 868. The van der Waals surface area contributed by atoms with Gasteiger partial charge in [0.05, 0.1) is 12.8 Å². The third-order valence-corrected chi connectivity index (χ3v) is 4.00. The van der Waals surface area contributed by atoms with Crippen molar-refractivity contribution in [1.82, 2.24) is 5.01 Å². The number of hydrogen-bond donors (Lipinski definition) is 0. The van der Waals surface area contributed by atoms with E-state index in [0.29, 0.717) is 29.8 Å². The number of hydrogen-bond acceptors (Lipinski definition) is 5. The van der Waals surface area contributed by atoms with E-state index in [4.69, 9.17) is 21.7 Å².